The molecule has 0 bridgehead atoms. The third kappa shape index (κ3) is 4.67. The van der Waals surface area contributed by atoms with Crippen molar-refractivity contribution in [3.05, 3.63) is 65.0 Å². The van der Waals surface area contributed by atoms with E-state index >= 15 is 0 Å². The van der Waals surface area contributed by atoms with Gasteiger partial charge in [0.05, 0.1) is 31.4 Å². The molecule has 1 aromatic carbocycles. The molecular formula is C25H30N2O5. The normalized spacial score (nSPS) is 18.1. The highest BCUT2D eigenvalue weighted by Crippen LogP contribution is 2.40. The Morgan fingerprint density at radius 1 is 1.12 bits per heavy atom. The maximum Gasteiger partial charge on any atom is 0.295 e. The standard InChI is InChI=1S/C25H30N2O5/c1-15(2)19-14-18(6-7-20(19)31-5)23(28)21-22(17-8-10-26-11-9-17)27(25(30)24(21)29)12-13-32-16(3)4/h6-11,14-16,22,28H,12-13H2,1-5H3/b23-21-. The first-order valence-electron chi connectivity index (χ1n) is 10.7. The average molecular weight is 439 g/mol. The Bertz CT molecular complexity index is 1010. The summed E-state index contributed by atoms with van der Waals surface area (Å²) in [4.78, 5) is 31.5. The van der Waals surface area contributed by atoms with Gasteiger partial charge < -0.3 is 19.5 Å². The number of hydrogen-bond donors (Lipinski definition) is 1. The molecule has 1 aliphatic heterocycles. The maximum absolute atomic E-state index is 13.1. The lowest BCUT2D eigenvalue weighted by Gasteiger charge is -2.25. The van der Waals surface area contributed by atoms with E-state index in [0.29, 0.717) is 16.9 Å². The first-order chi connectivity index (χ1) is 15.3. The SMILES string of the molecule is COc1ccc(/C(O)=C2/C(=O)C(=O)N(CCOC(C)C)C2c2ccncc2)cc1C(C)C. The van der Waals surface area contributed by atoms with Gasteiger partial charge in [0.1, 0.15) is 11.5 Å². The van der Waals surface area contributed by atoms with Crippen LogP contribution >= 0.6 is 0 Å². The molecule has 0 radical (unpaired) electrons. The lowest BCUT2D eigenvalue weighted by molar-refractivity contribution is -0.140. The van der Waals surface area contributed by atoms with E-state index in [1.807, 2.05) is 27.7 Å². The summed E-state index contributed by atoms with van der Waals surface area (Å²) in [5.41, 5.74) is 2.12. The second kappa shape index (κ2) is 9.96. The number of amides is 1. The molecule has 0 saturated carbocycles. The number of carbonyl (C=O) groups excluding carboxylic acids is 2. The van der Waals surface area contributed by atoms with E-state index in [2.05, 4.69) is 4.98 Å². The van der Waals surface area contributed by atoms with Crippen LogP contribution in [0.5, 0.6) is 5.75 Å². The van der Waals surface area contributed by atoms with Crippen LogP contribution in [0.1, 0.15) is 56.3 Å². The van der Waals surface area contributed by atoms with Crippen LogP contribution in [0.2, 0.25) is 0 Å². The van der Waals surface area contributed by atoms with Crippen molar-refractivity contribution in [2.45, 2.75) is 45.8 Å². The number of aromatic nitrogens is 1. The smallest absolute Gasteiger partial charge is 0.295 e. The average Bonchev–Trinajstić information content (AvgIpc) is 3.03. The van der Waals surface area contributed by atoms with E-state index < -0.39 is 17.7 Å². The summed E-state index contributed by atoms with van der Waals surface area (Å²) < 4.78 is 11.0. The summed E-state index contributed by atoms with van der Waals surface area (Å²) in [5.74, 6) is -0.728. The van der Waals surface area contributed by atoms with Gasteiger partial charge in [0.15, 0.2) is 0 Å². The fourth-order valence-corrected chi connectivity index (χ4v) is 3.88. The molecule has 2 heterocycles. The highest BCUT2D eigenvalue weighted by Gasteiger charge is 2.46. The molecule has 0 spiro atoms. The van der Waals surface area contributed by atoms with Crippen molar-refractivity contribution < 1.29 is 24.2 Å². The minimum absolute atomic E-state index is 0.0000455. The largest absolute Gasteiger partial charge is 0.507 e. The van der Waals surface area contributed by atoms with Gasteiger partial charge in [-0.15, -0.1) is 0 Å². The van der Waals surface area contributed by atoms with E-state index in [0.717, 1.165) is 5.56 Å². The molecular weight excluding hydrogens is 408 g/mol. The van der Waals surface area contributed by atoms with Crippen LogP contribution in [0.4, 0.5) is 0 Å². The molecule has 1 atom stereocenters. The second-order valence-electron chi connectivity index (χ2n) is 8.30. The van der Waals surface area contributed by atoms with E-state index in [9.17, 15) is 14.7 Å². The molecule has 1 amide bonds. The van der Waals surface area contributed by atoms with Crippen LogP contribution in [0.15, 0.2) is 48.3 Å². The minimum Gasteiger partial charge on any atom is -0.507 e. The van der Waals surface area contributed by atoms with E-state index in [4.69, 9.17) is 9.47 Å². The van der Waals surface area contributed by atoms with Crippen LogP contribution < -0.4 is 4.74 Å². The number of likely N-dealkylation sites (tertiary alicyclic amines) is 1. The number of rotatable bonds is 8. The van der Waals surface area contributed by atoms with Gasteiger partial charge >= 0.3 is 0 Å². The Kier molecular flexibility index (Phi) is 7.30. The number of aliphatic hydroxyl groups is 1. The molecule has 32 heavy (non-hydrogen) atoms. The lowest BCUT2D eigenvalue weighted by Crippen LogP contribution is -2.33. The summed E-state index contributed by atoms with van der Waals surface area (Å²) >= 11 is 0. The Hall–Kier alpha value is -3.19. The maximum atomic E-state index is 13.1. The van der Waals surface area contributed by atoms with Crippen LogP contribution in [-0.4, -0.2) is 53.0 Å². The highest BCUT2D eigenvalue weighted by atomic mass is 16.5. The van der Waals surface area contributed by atoms with Crippen molar-refractivity contribution in [1.29, 1.82) is 0 Å². The molecule has 0 aliphatic carbocycles. The van der Waals surface area contributed by atoms with Gasteiger partial charge in [-0.05, 0) is 61.2 Å². The minimum atomic E-state index is -0.724. The fourth-order valence-electron chi connectivity index (χ4n) is 3.88. The van der Waals surface area contributed by atoms with Crippen molar-refractivity contribution in [3.63, 3.8) is 0 Å². The van der Waals surface area contributed by atoms with Crippen molar-refractivity contribution in [2.75, 3.05) is 20.3 Å². The predicted molar refractivity (Wildman–Crippen MR) is 121 cm³/mol. The monoisotopic (exact) mass is 438 g/mol. The van der Waals surface area contributed by atoms with Crippen LogP contribution in [0.3, 0.4) is 0 Å². The summed E-state index contributed by atoms with van der Waals surface area (Å²) in [6, 6.07) is 8.02. The molecule has 1 aliphatic rings. The van der Waals surface area contributed by atoms with Crippen molar-refractivity contribution >= 4 is 17.4 Å². The molecule has 1 aromatic heterocycles. The second-order valence-corrected chi connectivity index (χ2v) is 8.30. The Balaban J connectivity index is 2.11. The quantitative estimate of drug-likeness (QED) is 0.380. The van der Waals surface area contributed by atoms with Crippen molar-refractivity contribution in [2.24, 2.45) is 0 Å². The number of ketones is 1. The molecule has 170 valence electrons. The zero-order valence-electron chi connectivity index (χ0n) is 19.2. The molecule has 1 N–H and O–H groups in total. The van der Waals surface area contributed by atoms with Gasteiger partial charge in [0.2, 0.25) is 0 Å². The van der Waals surface area contributed by atoms with Gasteiger partial charge in [-0.3, -0.25) is 14.6 Å². The first-order valence-corrected chi connectivity index (χ1v) is 10.7. The van der Waals surface area contributed by atoms with Gasteiger partial charge in [-0.2, -0.15) is 0 Å². The number of hydrogen-bond acceptors (Lipinski definition) is 6. The molecule has 7 nitrogen and oxygen atoms in total. The molecule has 3 rings (SSSR count). The third-order valence-corrected chi connectivity index (χ3v) is 5.47. The number of aliphatic hydroxyl groups excluding tert-OH is 1. The molecule has 1 saturated heterocycles. The Morgan fingerprint density at radius 3 is 2.41 bits per heavy atom. The lowest BCUT2D eigenvalue weighted by atomic mass is 9.93. The first kappa shape index (κ1) is 23.5. The third-order valence-electron chi connectivity index (χ3n) is 5.47. The fraction of sp³-hybridized carbons (Fsp3) is 0.400. The summed E-state index contributed by atoms with van der Waals surface area (Å²) in [6.07, 6.45) is 3.20. The van der Waals surface area contributed by atoms with Crippen LogP contribution in [0.25, 0.3) is 5.76 Å². The molecule has 1 fully saturated rings. The molecule has 2 aromatic rings. The summed E-state index contributed by atoms with van der Waals surface area (Å²) in [6.45, 7) is 8.37. The highest BCUT2D eigenvalue weighted by molar-refractivity contribution is 6.46. The van der Waals surface area contributed by atoms with E-state index in [1.165, 1.54) is 4.90 Å². The predicted octanol–water partition coefficient (Wildman–Crippen LogP) is 4.06. The van der Waals surface area contributed by atoms with E-state index in [-0.39, 0.29) is 36.5 Å². The van der Waals surface area contributed by atoms with Gasteiger partial charge in [0.25, 0.3) is 11.7 Å². The zero-order chi connectivity index (χ0) is 23.4. The van der Waals surface area contributed by atoms with Crippen molar-refractivity contribution in [1.82, 2.24) is 9.88 Å². The molecule has 1 unspecified atom stereocenters. The van der Waals surface area contributed by atoms with E-state index in [1.54, 1.807) is 49.8 Å². The Labute approximate surface area is 188 Å². The number of carbonyl (C=O) groups is 2. The summed E-state index contributed by atoms with van der Waals surface area (Å²) in [7, 11) is 1.59. The number of pyridine rings is 1. The van der Waals surface area contributed by atoms with Crippen LogP contribution in [0, 0.1) is 0 Å². The summed E-state index contributed by atoms with van der Waals surface area (Å²) in [5, 5.41) is 11.2. The molecule has 7 heteroatoms. The van der Waals surface area contributed by atoms with Crippen LogP contribution in [-0.2, 0) is 14.3 Å². The van der Waals surface area contributed by atoms with Gasteiger partial charge in [-0.25, -0.2) is 0 Å². The number of nitrogens with zero attached hydrogens (tertiary/aromatic N) is 2. The zero-order valence-corrected chi connectivity index (χ0v) is 19.2. The number of Topliss-reactive ketones (excluding diaryl/α,β-unsaturated/α-hetero) is 1. The topological polar surface area (TPSA) is 89.0 Å². The van der Waals surface area contributed by atoms with Crippen molar-refractivity contribution in [3.8, 4) is 5.75 Å². The number of benzene rings is 1. The Morgan fingerprint density at radius 2 is 1.81 bits per heavy atom. The number of ether oxygens (including phenoxy) is 2. The van der Waals surface area contributed by atoms with Gasteiger partial charge in [0, 0.05) is 24.5 Å². The van der Waals surface area contributed by atoms with Gasteiger partial charge in [-0.1, -0.05) is 13.8 Å². The number of methoxy groups -OCH3 is 1.